The number of alkyl halides is 1. The third kappa shape index (κ3) is 7.99. The standard InChI is InChI=1S/C27H39ClO4/c1-6-7-14-30-18-24(29)19-31-25-11-8-22(9-12-25)27(4,5)23-10-13-26(21(3)15-23)32-17-20(2)16-28/h8-13,15,20,24,29H,6-7,14,16-19H2,1-5H3/t20-,24+/m0/s1. The molecule has 0 bridgehead atoms. The molecule has 5 heteroatoms. The molecule has 0 aliphatic carbocycles. The minimum Gasteiger partial charge on any atom is -0.493 e. The number of aliphatic hydroxyl groups is 1. The van der Waals surface area contributed by atoms with Gasteiger partial charge in [0, 0.05) is 23.8 Å². The van der Waals surface area contributed by atoms with Crippen molar-refractivity contribution in [1.82, 2.24) is 0 Å². The van der Waals surface area contributed by atoms with Crippen molar-refractivity contribution in [3.8, 4) is 11.5 Å². The highest BCUT2D eigenvalue weighted by Gasteiger charge is 2.24. The fourth-order valence-corrected chi connectivity index (χ4v) is 3.41. The first-order valence-electron chi connectivity index (χ1n) is 11.6. The van der Waals surface area contributed by atoms with E-state index in [9.17, 15) is 5.11 Å². The van der Waals surface area contributed by atoms with Crippen LogP contribution in [0.25, 0.3) is 0 Å². The molecule has 0 aromatic heterocycles. The molecular formula is C27H39ClO4. The van der Waals surface area contributed by atoms with E-state index in [0.29, 0.717) is 31.6 Å². The number of aliphatic hydroxyl groups excluding tert-OH is 1. The van der Waals surface area contributed by atoms with Gasteiger partial charge >= 0.3 is 0 Å². The topological polar surface area (TPSA) is 47.9 Å². The highest BCUT2D eigenvalue weighted by molar-refractivity contribution is 6.18. The number of rotatable bonds is 14. The summed E-state index contributed by atoms with van der Waals surface area (Å²) in [6.45, 7) is 12.5. The van der Waals surface area contributed by atoms with E-state index in [1.165, 1.54) is 11.1 Å². The van der Waals surface area contributed by atoms with Crippen LogP contribution >= 0.6 is 11.6 Å². The zero-order chi connectivity index (χ0) is 23.6. The van der Waals surface area contributed by atoms with Gasteiger partial charge < -0.3 is 19.3 Å². The number of unbranched alkanes of at least 4 members (excludes halogenated alkanes) is 1. The highest BCUT2D eigenvalue weighted by atomic mass is 35.5. The normalized spacial score (nSPS) is 13.6. The molecule has 2 atom stereocenters. The van der Waals surface area contributed by atoms with Crippen LogP contribution in [0.1, 0.15) is 57.2 Å². The van der Waals surface area contributed by atoms with Crippen molar-refractivity contribution in [3.05, 3.63) is 59.2 Å². The SMILES string of the molecule is CCCCOC[C@@H](O)COc1ccc(C(C)(C)c2ccc(OC[C@@H](C)CCl)c(C)c2)cc1. The largest absolute Gasteiger partial charge is 0.493 e. The fourth-order valence-electron chi connectivity index (χ4n) is 3.32. The average Bonchev–Trinajstić information content (AvgIpc) is 2.79. The predicted octanol–water partition coefficient (Wildman–Crippen LogP) is 6.13. The number of hydrogen-bond donors (Lipinski definition) is 1. The second-order valence-corrected chi connectivity index (χ2v) is 9.40. The lowest BCUT2D eigenvalue weighted by molar-refractivity contribution is 0.0113. The summed E-state index contributed by atoms with van der Waals surface area (Å²) in [6.07, 6.45) is 1.47. The molecule has 0 unspecified atom stereocenters. The molecule has 1 N–H and O–H groups in total. The van der Waals surface area contributed by atoms with Gasteiger partial charge in [0.1, 0.15) is 24.2 Å². The van der Waals surface area contributed by atoms with Crippen LogP contribution in [0.5, 0.6) is 11.5 Å². The lowest BCUT2D eigenvalue weighted by Gasteiger charge is -2.27. The third-order valence-corrected chi connectivity index (χ3v) is 6.18. The van der Waals surface area contributed by atoms with Gasteiger partial charge in [-0.1, -0.05) is 58.4 Å². The van der Waals surface area contributed by atoms with Crippen LogP contribution in [0.3, 0.4) is 0 Å². The van der Waals surface area contributed by atoms with Crippen LogP contribution < -0.4 is 9.47 Å². The van der Waals surface area contributed by atoms with Gasteiger partial charge in [-0.3, -0.25) is 0 Å². The smallest absolute Gasteiger partial charge is 0.122 e. The fraction of sp³-hybridized carbons (Fsp3) is 0.556. The Morgan fingerprint density at radius 2 is 1.66 bits per heavy atom. The molecular weight excluding hydrogens is 424 g/mol. The van der Waals surface area contributed by atoms with E-state index >= 15 is 0 Å². The Morgan fingerprint density at radius 3 is 2.28 bits per heavy atom. The molecule has 32 heavy (non-hydrogen) atoms. The van der Waals surface area contributed by atoms with Crippen molar-refractivity contribution in [2.45, 2.75) is 59.0 Å². The Bertz CT molecular complexity index is 804. The molecule has 0 saturated heterocycles. The molecule has 178 valence electrons. The Labute approximate surface area is 198 Å². The summed E-state index contributed by atoms with van der Waals surface area (Å²) in [5, 5.41) is 10.0. The van der Waals surface area contributed by atoms with Crippen molar-refractivity contribution in [2.24, 2.45) is 5.92 Å². The minimum absolute atomic E-state index is 0.169. The molecule has 2 rings (SSSR count). The van der Waals surface area contributed by atoms with Crippen LogP contribution in [-0.2, 0) is 10.2 Å². The van der Waals surface area contributed by atoms with E-state index in [2.05, 4.69) is 65.0 Å². The first kappa shape index (κ1) is 26.5. The molecule has 0 heterocycles. The zero-order valence-corrected chi connectivity index (χ0v) is 21.0. The van der Waals surface area contributed by atoms with E-state index in [1.807, 2.05) is 12.1 Å². The van der Waals surface area contributed by atoms with E-state index in [0.717, 1.165) is 29.9 Å². The van der Waals surface area contributed by atoms with Gasteiger partial charge in [-0.05, 0) is 48.2 Å². The number of hydrogen-bond acceptors (Lipinski definition) is 4. The summed E-state index contributed by atoms with van der Waals surface area (Å²) in [5.41, 5.74) is 3.36. The Hall–Kier alpha value is -1.75. The second kappa shape index (κ2) is 13.1. The number of ether oxygens (including phenoxy) is 3. The van der Waals surface area contributed by atoms with Crippen molar-refractivity contribution in [2.75, 3.05) is 32.3 Å². The Morgan fingerprint density at radius 1 is 0.969 bits per heavy atom. The van der Waals surface area contributed by atoms with Gasteiger partial charge in [0.2, 0.25) is 0 Å². The highest BCUT2D eigenvalue weighted by Crippen LogP contribution is 2.34. The lowest BCUT2D eigenvalue weighted by Crippen LogP contribution is -2.23. The molecule has 0 aliphatic heterocycles. The maximum Gasteiger partial charge on any atom is 0.122 e. The van der Waals surface area contributed by atoms with Crippen LogP contribution in [-0.4, -0.2) is 43.5 Å². The lowest BCUT2D eigenvalue weighted by atomic mass is 9.77. The van der Waals surface area contributed by atoms with Gasteiger partial charge in [-0.2, -0.15) is 0 Å². The van der Waals surface area contributed by atoms with Gasteiger partial charge in [0.25, 0.3) is 0 Å². The number of halogens is 1. The van der Waals surface area contributed by atoms with Crippen molar-refractivity contribution in [1.29, 1.82) is 0 Å². The minimum atomic E-state index is -0.626. The molecule has 0 aliphatic rings. The molecule has 2 aromatic carbocycles. The van der Waals surface area contributed by atoms with Crippen molar-refractivity contribution < 1.29 is 19.3 Å². The molecule has 0 fully saturated rings. The summed E-state index contributed by atoms with van der Waals surface area (Å²) in [7, 11) is 0. The maximum atomic E-state index is 10.0. The van der Waals surface area contributed by atoms with Gasteiger partial charge in [0.05, 0.1) is 13.2 Å². The van der Waals surface area contributed by atoms with E-state index in [4.69, 9.17) is 25.8 Å². The molecule has 0 amide bonds. The summed E-state index contributed by atoms with van der Waals surface area (Å²) in [5.74, 6) is 2.56. The summed E-state index contributed by atoms with van der Waals surface area (Å²) in [4.78, 5) is 0. The van der Waals surface area contributed by atoms with E-state index in [-0.39, 0.29) is 12.0 Å². The van der Waals surface area contributed by atoms with Crippen LogP contribution in [0, 0.1) is 12.8 Å². The second-order valence-electron chi connectivity index (χ2n) is 9.09. The quantitative estimate of drug-likeness (QED) is 0.271. The summed E-state index contributed by atoms with van der Waals surface area (Å²) >= 11 is 5.88. The molecule has 0 radical (unpaired) electrons. The summed E-state index contributed by atoms with van der Waals surface area (Å²) < 4.78 is 17.1. The van der Waals surface area contributed by atoms with Crippen molar-refractivity contribution in [3.63, 3.8) is 0 Å². The van der Waals surface area contributed by atoms with Gasteiger partial charge in [-0.25, -0.2) is 0 Å². The maximum absolute atomic E-state index is 10.0. The van der Waals surface area contributed by atoms with Gasteiger partial charge in [-0.15, -0.1) is 11.6 Å². The van der Waals surface area contributed by atoms with Crippen LogP contribution in [0.4, 0.5) is 0 Å². The summed E-state index contributed by atoms with van der Waals surface area (Å²) in [6, 6.07) is 14.5. The Kier molecular flexibility index (Phi) is 10.8. The zero-order valence-electron chi connectivity index (χ0n) is 20.2. The molecule has 0 spiro atoms. The van der Waals surface area contributed by atoms with Gasteiger partial charge in [0.15, 0.2) is 0 Å². The van der Waals surface area contributed by atoms with Crippen molar-refractivity contribution >= 4 is 11.6 Å². The molecule has 0 saturated carbocycles. The molecule has 2 aromatic rings. The van der Waals surface area contributed by atoms with Crippen LogP contribution in [0.2, 0.25) is 0 Å². The van der Waals surface area contributed by atoms with E-state index in [1.54, 1.807) is 0 Å². The average molecular weight is 463 g/mol. The number of aryl methyl sites for hydroxylation is 1. The Balaban J connectivity index is 1.96. The van der Waals surface area contributed by atoms with E-state index < -0.39 is 6.10 Å². The monoisotopic (exact) mass is 462 g/mol. The first-order chi connectivity index (χ1) is 15.3. The predicted molar refractivity (Wildman–Crippen MR) is 132 cm³/mol. The van der Waals surface area contributed by atoms with Crippen LogP contribution in [0.15, 0.2) is 42.5 Å². The molecule has 4 nitrogen and oxygen atoms in total. The third-order valence-electron chi connectivity index (χ3n) is 5.65. The number of benzene rings is 2. The first-order valence-corrected chi connectivity index (χ1v) is 12.1.